The summed E-state index contributed by atoms with van der Waals surface area (Å²) in [6, 6.07) is 11.1. The molecule has 128 valence electrons. The van der Waals surface area contributed by atoms with E-state index >= 15 is 0 Å². The second-order valence-electron chi connectivity index (χ2n) is 4.60. The van der Waals surface area contributed by atoms with Gasteiger partial charge < -0.3 is 4.84 Å². The Labute approximate surface area is 155 Å². The zero-order valence-electron chi connectivity index (χ0n) is 12.5. The molecule has 0 aliphatic heterocycles. The van der Waals surface area contributed by atoms with E-state index in [1.807, 2.05) is 0 Å². The minimum absolute atomic E-state index is 0.0385. The van der Waals surface area contributed by atoms with Crippen molar-refractivity contribution in [3.05, 3.63) is 63.1 Å². The Hall–Kier alpha value is -1.31. The van der Waals surface area contributed by atoms with E-state index in [1.165, 1.54) is 25.3 Å². The molecule has 0 atom stereocenters. The molecule has 2 rings (SSSR count). The van der Waals surface area contributed by atoms with Gasteiger partial charge >= 0.3 is 0 Å². The van der Waals surface area contributed by atoms with Crippen LogP contribution in [0.15, 0.2) is 52.5 Å². The monoisotopic (exact) mass is 406 g/mol. The second kappa shape index (κ2) is 8.18. The fraction of sp³-hybridized carbons (Fsp3) is 0.133. The number of nitrogens with one attached hydrogen (secondary N) is 1. The molecular formula is C15H13Cl3N2O3S. The lowest BCUT2D eigenvalue weighted by Gasteiger charge is -2.11. The van der Waals surface area contributed by atoms with E-state index in [0.717, 1.165) is 0 Å². The number of sulfonamides is 1. The molecule has 0 fully saturated rings. The number of rotatable bonds is 6. The maximum atomic E-state index is 12.4. The van der Waals surface area contributed by atoms with Gasteiger partial charge in [-0.15, -0.1) is 0 Å². The molecule has 1 N–H and O–H groups in total. The highest BCUT2D eigenvalue weighted by atomic mass is 35.5. The van der Waals surface area contributed by atoms with Crippen LogP contribution in [0.2, 0.25) is 15.1 Å². The number of nitrogens with zero attached hydrogens (tertiary/aromatic N) is 1. The highest BCUT2D eigenvalue weighted by Gasteiger charge is 2.20. The van der Waals surface area contributed by atoms with Crippen LogP contribution in [0.1, 0.15) is 5.56 Å². The molecule has 0 saturated heterocycles. The molecule has 0 heterocycles. The van der Waals surface area contributed by atoms with Gasteiger partial charge in [0.1, 0.15) is 17.7 Å². The third-order valence-corrected chi connectivity index (χ3v) is 5.64. The molecule has 0 bridgehead atoms. The van der Waals surface area contributed by atoms with Gasteiger partial charge in [0, 0.05) is 10.6 Å². The Bertz CT molecular complexity index is 853. The van der Waals surface area contributed by atoms with E-state index in [4.69, 9.17) is 39.6 Å². The van der Waals surface area contributed by atoms with E-state index < -0.39 is 10.0 Å². The number of hydrogen-bond donors (Lipinski definition) is 1. The largest absolute Gasteiger partial charge is 0.399 e. The van der Waals surface area contributed by atoms with E-state index in [1.54, 1.807) is 24.3 Å². The van der Waals surface area contributed by atoms with Crippen LogP contribution in [-0.2, 0) is 14.9 Å². The molecule has 0 aromatic heterocycles. The summed E-state index contributed by atoms with van der Waals surface area (Å²) in [6.45, 7) is -0.0966. The summed E-state index contributed by atoms with van der Waals surface area (Å²) in [5, 5.41) is 4.52. The standard InChI is InChI=1S/C15H13Cl3N2O3S/c1-23-20-13(10-5-7-11(16)8-6-10)9-19-24(21,22)14-4-2-3-12(17)15(14)18/h2-8,19H,9H2,1H3. The SMILES string of the molecule is CON=C(CNS(=O)(=O)c1cccc(Cl)c1Cl)c1ccc(Cl)cc1. The highest BCUT2D eigenvalue weighted by molar-refractivity contribution is 7.89. The summed E-state index contributed by atoms with van der Waals surface area (Å²) in [4.78, 5) is 4.67. The average Bonchev–Trinajstić information content (AvgIpc) is 2.55. The summed E-state index contributed by atoms with van der Waals surface area (Å²) >= 11 is 17.7. The van der Waals surface area contributed by atoms with Crippen LogP contribution >= 0.6 is 34.8 Å². The van der Waals surface area contributed by atoms with Crippen molar-refractivity contribution in [3.8, 4) is 0 Å². The Morgan fingerprint density at radius 2 is 1.79 bits per heavy atom. The van der Waals surface area contributed by atoms with Crippen LogP contribution in [-0.4, -0.2) is 27.8 Å². The molecule has 0 unspecified atom stereocenters. The molecule has 0 amide bonds. The van der Waals surface area contributed by atoms with Crippen LogP contribution in [0.3, 0.4) is 0 Å². The number of oxime groups is 1. The minimum Gasteiger partial charge on any atom is -0.399 e. The molecule has 5 nitrogen and oxygen atoms in total. The van der Waals surface area contributed by atoms with Gasteiger partial charge in [0.2, 0.25) is 10.0 Å². The quantitative estimate of drug-likeness (QED) is 0.582. The predicted octanol–water partition coefficient (Wildman–Crippen LogP) is 3.98. The smallest absolute Gasteiger partial charge is 0.242 e. The van der Waals surface area contributed by atoms with E-state index in [-0.39, 0.29) is 21.5 Å². The first-order valence-electron chi connectivity index (χ1n) is 6.65. The van der Waals surface area contributed by atoms with Crippen molar-refractivity contribution in [3.63, 3.8) is 0 Å². The summed E-state index contributed by atoms with van der Waals surface area (Å²) in [5.74, 6) is 0. The maximum Gasteiger partial charge on any atom is 0.242 e. The van der Waals surface area contributed by atoms with Gasteiger partial charge in [-0.25, -0.2) is 13.1 Å². The second-order valence-corrected chi connectivity index (χ2v) is 7.56. The number of halogens is 3. The third-order valence-electron chi connectivity index (χ3n) is 3.01. The van der Waals surface area contributed by atoms with Crippen LogP contribution in [0.4, 0.5) is 0 Å². The fourth-order valence-electron chi connectivity index (χ4n) is 1.87. The molecule has 2 aromatic carbocycles. The first kappa shape index (κ1) is 19.0. The van der Waals surface area contributed by atoms with Gasteiger partial charge in [-0.05, 0) is 24.3 Å². The Morgan fingerprint density at radius 3 is 2.42 bits per heavy atom. The minimum atomic E-state index is -3.87. The van der Waals surface area contributed by atoms with Gasteiger partial charge in [0.25, 0.3) is 0 Å². The molecule has 24 heavy (non-hydrogen) atoms. The van der Waals surface area contributed by atoms with Crippen LogP contribution in [0.5, 0.6) is 0 Å². The van der Waals surface area contributed by atoms with E-state index in [0.29, 0.717) is 16.3 Å². The molecular weight excluding hydrogens is 395 g/mol. The molecule has 0 aliphatic rings. The average molecular weight is 408 g/mol. The predicted molar refractivity (Wildman–Crippen MR) is 96.6 cm³/mol. The van der Waals surface area contributed by atoms with Gasteiger partial charge in [-0.1, -0.05) is 58.2 Å². The molecule has 0 spiro atoms. The van der Waals surface area contributed by atoms with Crippen molar-refractivity contribution in [2.45, 2.75) is 4.90 Å². The van der Waals surface area contributed by atoms with Gasteiger partial charge in [0.15, 0.2) is 0 Å². The molecule has 2 aromatic rings. The lowest BCUT2D eigenvalue weighted by atomic mass is 10.1. The van der Waals surface area contributed by atoms with Crippen molar-refractivity contribution in [1.82, 2.24) is 4.72 Å². The first-order valence-corrected chi connectivity index (χ1v) is 9.26. The Balaban J connectivity index is 2.24. The molecule has 9 heteroatoms. The third kappa shape index (κ3) is 4.62. The number of hydrogen-bond acceptors (Lipinski definition) is 4. The van der Waals surface area contributed by atoms with Crippen LogP contribution in [0.25, 0.3) is 0 Å². The van der Waals surface area contributed by atoms with Gasteiger partial charge in [-0.3, -0.25) is 0 Å². The van der Waals surface area contributed by atoms with E-state index in [2.05, 4.69) is 9.88 Å². The molecule has 0 aliphatic carbocycles. The number of benzene rings is 2. The zero-order valence-corrected chi connectivity index (χ0v) is 15.5. The van der Waals surface area contributed by atoms with Crippen LogP contribution in [0, 0.1) is 0 Å². The van der Waals surface area contributed by atoms with Crippen molar-refractivity contribution in [2.75, 3.05) is 13.7 Å². The zero-order chi connectivity index (χ0) is 17.7. The summed E-state index contributed by atoms with van der Waals surface area (Å²) in [6.07, 6.45) is 0. The summed E-state index contributed by atoms with van der Waals surface area (Å²) < 4.78 is 27.3. The topological polar surface area (TPSA) is 67.8 Å². The van der Waals surface area contributed by atoms with Gasteiger partial charge in [0.05, 0.1) is 16.6 Å². The fourth-order valence-corrected chi connectivity index (χ4v) is 3.75. The van der Waals surface area contributed by atoms with Crippen LogP contribution < -0.4 is 4.72 Å². The normalized spacial score (nSPS) is 12.2. The molecule has 0 saturated carbocycles. The van der Waals surface area contributed by atoms with Crippen molar-refractivity contribution < 1.29 is 13.3 Å². The van der Waals surface area contributed by atoms with Gasteiger partial charge in [-0.2, -0.15) is 0 Å². The van der Waals surface area contributed by atoms with Crippen molar-refractivity contribution >= 4 is 50.5 Å². The Morgan fingerprint density at radius 1 is 1.12 bits per heavy atom. The highest BCUT2D eigenvalue weighted by Crippen LogP contribution is 2.28. The first-order chi connectivity index (χ1) is 11.3. The maximum absolute atomic E-state index is 12.4. The molecule has 0 radical (unpaired) electrons. The Kier molecular flexibility index (Phi) is 6.48. The lowest BCUT2D eigenvalue weighted by Crippen LogP contribution is -2.30. The summed E-state index contributed by atoms with van der Waals surface area (Å²) in [5.41, 5.74) is 1.05. The van der Waals surface area contributed by atoms with E-state index in [9.17, 15) is 8.42 Å². The lowest BCUT2D eigenvalue weighted by molar-refractivity contribution is 0.213. The summed E-state index contributed by atoms with van der Waals surface area (Å²) in [7, 11) is -2.50. The van der Waals surface area contributed by atoms with Crippen molar-refractivity contribution in [2.24, 2.45) is 5.16 Å². The van der Waals surface area contributed by atoms with Crippen molar-refractivity contribution in [1.29, 1.82) is 0 Å².